The maximum atomic E-state index is 13.5. The largest absolute Gasteiger partial charge is 0.497 e. The number of ether oxygens (including phenoxy) is 1. The lowest BCUT2D eigenvalue weighted by Crippen LogP contribution is -2.50. The lowest BCUT2D eigenvalue weighted by molar-refractivity contribution is -0.132. The van der Waals surface area contributed by atoms with Gasteiger partial charge in [0.25, 0.3) is 0 Å². The van der Waals surface area contributed by atoms with E-state index in [4.69, 9.17) is 4.74 Å². The van der Waals surface area contributed by atoms with E-state index in [-0.39, 0.29) is 11.3 Å². The van der Waals surface area contributed by atoms with Crippen LogP contribution >= 0.6 is 22.6 Å². The molecule has 5 atom stereocenters. The van der Waals surface area contributed by atoms with Crippen molar-refractivity contribution >= 4 is 34.6 Å². The first-order valence-corrected chi connectivity index (χ1v) is 18.0. The van der Waals surface area contributed by atoms with Gasteiger partial charge in [-0.1, -0.05) is 97.6 Å². The Morgan fingerprint density at radius 1 is 0.957 bits per heavy atom. The van der Waals surface area contributed by atoms with Crippen LogP contribution in [0, 0.1) is 27.1 Å². The molecule has 0 unspecified atom stereocenters. The number of carbonyl (C=O) groups is 1. The van der Waals surface area contributed by atoms with Crippen molar-refractivity contribution in [1.82, 2.24) is 4.90 Å². The summed E-state index contributed by atoms with van der Waals surface area (Å²) >= 11 is 2.08. The fourth-order valence-corrected chi connectivity index (χ4v) is 9.21. The number of fused-ring (bicyclic) bond motifs is 5. The first kappa shape index (κ1) is 32.8. The van der Waals surface area contributed by atoms with Gasteiger partial charge in [-0.25, -0.2) is 0 Å². The quantitative estimate of drug-likeness (QED) is 0.122. The van der Waals surface area contributed by atoms with Crippen LogP contribution in [0.1, 0.15) is 92.9 Å². The lowest BCUT2D eigenvalue weighted by Gasteiger charge is -2.52. The molecule has 240 valence electrons. The molecule has 1 amide bonds. The number of unbranched alkanes of at least 4 members (excludes halogenated alkanes) is 2. The highest BCUT2D eigenvalue weighted by molar-refractivity contribution is 14.1. The van der Waals surface area contributed by atoms with Gasteiger partial charge in [0.2, 0.25) is 5.91 Å². The van der Waals surface area contributed by atoms with Gasteiger partial charge in [0.1, 0.15) is 11.4 Å². The molecule has 2 fully saturated rings. The first-order valence-electron chi connectivity index (χ1n) is 16.9. The highest BCUT2D eigenvalue weighted by Gasteiger charge is 2.61. The molecule has 2 saturated carbocycles. The number of carbonyl (C=O) groups excluding carboxylic acids is 1. The molecule has 0 aliphatic heterocycles. The van der Waals surface area contributed by atoms with Crippen LogP contribution in [0.3, 0.4) is 0 Å². The number of rotatable bonds is 11. The Morgan fingerprint density at radius 3 is 2.30 bits per heavy atom. The minimum absolute atomic E-state index is 0.206. The van der Waals surface area contributed by atoms with E-state index in [2.05, 4.69) is 87.9 Å². The molecule has 3 aromatic carbocycles. The summed E-state index contributed by atoms with van der Waals surface area (Å²) in [5.41, 5.74) is 5.41. The minimum Gasteiger partial charge on any atom is -0.497 e. The Labute approximate surface area is 288 Å². The maximum absolute atomic E-state index is 13.5. The molecule has 6 rings (SSSR count). The number of allylic oxidation sites excluding steroid dienone is 1. The average Bonchev–Trinajstić information content (AvgIpc) is 3.34. The Bertz CT molecular complexity index is 1570. The van der Waals surface area contributed by atoms with Crippen LogP contribution < -0.4 is 4.74 Å². The maximum Gasteiger partial charge on any atom is 0.223 e. The van der Waals surface area contributed by atoms with Gasteiger partial charge < -0.3 is 14.7 Å². The van der Waals surface area contributed by atoms with Gasteiger partial charge in [-0.15, -0.1) is 0 Å². The minimum atomic E-state index is -0.916. The number of halogens is 1. The molecule has 3 aliphatic carbocycles. The lowest BCUT2D eigenvalue weighted by atomic mass is 9.52. The van der Waals surface area contributed by atoms with Crippen LogP contribution in [0.5, 0.6) is 5.75 Å². The zero-order chi connectivity index (χ0) is 32.1. The topological polar surface area (TPSA) is 49.8 Å². The van der Waals surface area contributed by atoms with Crippen molar-refractivity contribution in [2.75, 3.05) is 7.11 Å². The fraction of sp³-hybridized carbons (Fsp3) is 0.439. The predicted octanol–water partition coefficient (Wildman–Crippen LogP) is 9.31. The monoisotopic (exact) mass is 727 g/mol. The second-order valence-corrected chi connectivity index (χ2v) is 14.3. The number of amides is 1. The molecular weight excluding hydrogens is 681 g/mol. The van der Waals surface area contributed by atoms with E-state index >= 15 is 0 Å². The van der Waals surface area contributed by atoms with E-state index in [0.29, 0.717) is 37.3 Å². The molecule has 1 N–H and O–H groups in total. The van der Waals surface area contributed by atoms with Crippen molar-refractivity contribution in [3.05, 3.63) is 107 Å². The summed E-state index contributed by atoms with van der Waals surface area (Å²) in [7, 11) is 1.74. The summed E-state index contributed by atoms with van der Waals surface area (Å²) in [5, 5.41) is 11.8. The Balaban J connectivity index is 1.14. The number of benzene rings is 3. The molecule has 3 aromatic rings. The van der Waals surface area contributed by atoms with Crippen LogP contribution in [-0.4, -0.2) is 28.6 Å². The van der Waals surface area contributed by atoms with Gasteiger partial charge in [0.15, 0.2) is 0 Å². The van der Waals surface area contributed by atoms with Crippen molar-refractivity contribution in [2.45, 2.75) is 89.3 Å². The number of hydrogen-bond donors (Lipinski definition) is 1. The number of nitrogens with zero attached hydrogens (tertiary/aromatic N) is 1. The summed E-state index contributed by atoms with van der Waals surface area (Å²) < 4.78 is 8.63. The Morgan fingerprint density at radius 2 is 1.65 bits per heavy atom. The van der Waals surface area contributed by atoms with Crippen LogP contribution in [0.25, 0.3) is 6.08 Å². The Kier molecular flexibility index (Phi) is 10.3. The zero-order valence-corrected chi connectivity index (χ0v) is 29.3. The highest BCUT2D eigenvalue weighted by Crippen LogP contribution is 2.65. The molecule has 0 heterocycles. The molecule has 0 saturated heterocycles. The van der Waals surface area contributed by atoms with Gasteiger partial charge in [-0.3, -0.25) is 4.79 Å². The van der Waals surface area contributed by atoms with Gasteiger partial charge in [-0.2, -0.15) is 0 Å². The summed E-state index contributed by atoms with van der Waals surface area (Å²) in [5.74, 6) is 5.63. The van der Waals surface area contributed by atoms with Crippen molar-refractivity contribution in [3.8, 4) is 15.6 Å². The molecule has 5 heteroatoms. The number of hydrogen-bond acceptors (Lipinski definition) is 3. The van der Waals surface area contributed by atoms with Gasteiger partial charge in [0, 0.05) is 47.5 Å². The van der Waals surface area contributed by atoms with E-state index in [1.807, 2.05) is 41.3 Å². The molecule has 0 spiro atoms. The van der Waals surface area contributed by atoms with Crippen LogP contribution in [0.15, 0.2) is 84.4 Å². The third-order valence-corrected chi connectivity index (χ3v) is 11.5. The van der Waals surface area contributed by atoms with E-state index in [1.54, 1.807) is 7.11 Å². The van der Waals surface area contributed by atoms with Gasteiger partial charge >= 0.3 is 0 Å². The van der Waals surface area contributed by atoms with Gasteiger partial charge in [-0.05, 0) is 101 Å². The molecule has 0 aromatic heterocycles. The summed E-state index contributed by atoms with van der Waals surface area (Å²) in [6, 6.07) is 27.2. The van der Waals surface area contributed by atoms with E-state index in [9.17, 15) is 9.90 Å². The van der Waals surface area contributed by atoms with Crippen LogP contribution in [0.4, 0.5) is 0 Å². The van der Waals surface area contributed by atoms with E-state index < -0.39 is 5.60 Å². The number of aliphatic hydroxyl groups is 1. The third kappa shape index (κ3) is 6.66. The standard InChI is InChI=1S/C41H46INO3/c1-40-22-20-36-35-19-18-34(46-2)27-33(35)26-32(39(36)37(40)21-23-41(40,45)24-25-42)16-10-5-11-17-38(44)43(28-30-12-6-3-7-13-30)29-31-14-8-4-9-15-31/h3-4,6-9,12-15,18-19,26-27,36-37,39,45H,5,10-11,16-17,20-23,28-29H2,1-2H3/t36-,37+,39-,40+,41-/m1/s1. The Hall–Kier alpha value is -3.08. The molecular formula is C41H46INO3. The average molecular weight is 728 g/mol. The third-order valence-electron chi connectivity index (χ3n) is 11.3. The van der Waals surface area contributed by atoms with Crippen LogP contribution in [0.2, 0.25) is 0 Å². The number of methoxy groups -OCH3 is 1. The molecule has 46 heavy (non-hydrogen) atoms. The smallest absolute Gasteiger partial charge is 0.223 e. The van der Waals surface area contributed by atoms with E-state index in [0.717, 1.165) is 68.2 Å². The molecule has 4 nitrogen and oxygen atoms in total. The summed E-state index contributed by atoms with van der Waals surface area (Å²) in [4.78, 5) is 15.6. The fourth-order valence-electron chi connectivity index (χ4n) is 8.77. The second kappa shape index (κ2) is 14.4. The SMILES string of the molecule is COc1ccc2c(c1)C=C(CCCCCC(=O)N(Cc1ccccc1)Cc1ccccc1)[C@@H]1[C@@H]2CC[C@@]2(C)[C@H]1CC[C@@]2(O)C#CI. The first-order chi connectivity index (χ1) is 22.3. The van der Waals surface area contributed by atoms with Gasteiger partial charge in [0.05, 0.1) is 7.11 Å². The molecule has 0 radical (unpaired) electrons. The van der Waals surface area contributed by atoms with E-state index in [1.165, 1.54) is 16.7 Å². The zero-order valence-electron chi connectivity index (χ0n) is 27.2. The molecule has 0 bridgehead atoms. The van der Waals surface area contributed by atoms with Crippen molar-refractivity contribution in [2.24, 2.45) is 17.3 Å². The summed E-state index contributed by atoms with van der Waals surface area (Å²) in [6.45, 7) is 3.55. The van der Waals surface area contributed by atoms with Crippen LogP contribution in [-0.2, 0) is 17.9 Å². The highest BCUT2D eigenvalue weighted by atomic mass is 127. The van der Waals surface area contributed by atoms with Crippen molar-refractivity contribution in [3.63, 3.8) is 0 Å². The normalized spacial score (nSPS) is 26.1. The predicted molar refractivity (Wildman–Crippen MR) is 194 cm³/mol. The second-order valence-electron chi connectivity index (χ2n) is 13.8. The summed E-state index contributed by atoms with van der Waals surface area (Å²) in [6.07, 6.45) is 10.8. The molecule has 3 aliphatic rings. The van der Waals surface area contributed by atoms with Crippen molar-refractivity contribution in [1.29, 1.82) is 0 Å². The van der Waals surface area contributed by atoms with Crippen molar-refractivity contribution < 1.29 is 14.6 Å².